The van der Waals surface area contributed by atoms with Gasteiger partial charge in [0.2, 0.25) is 0 Å². The van der Waals surface area contributed by atoms with Crippen molar-refractivity contribution in [3.63, 3.8) is 0 Å². The molecule has 1 N–H and O–H groups in total. The normalized spacial score (nSPS) is 9.93. The second-order valence-corrected chi connectivity index (χ2v) is 5.65. The molecule has 29 heavy (non-hydrogen) atoms. The number of halogens is 4. The van der Waals surface area contributed by atoms with Gasteiger partial charge in [0.25, 0.3) is 0 Å². The molecule has 0 spiro atoms. The summed E-state index contributed by atoms with van der Waals surface area (Å²) in [6.07, 6.45) is 0.845. The van der Waals surface area contributed by atoms with Gasteiger partial charge in [-0.1, -0.05) is 0 Å². The number of ether oxygens (including phenoxy) is 1. The zero-order valence-corrected chi connectivity index (χ0v) is 14.7. The molecule has 0 fully saturated rings. The number of carbonyl (C=O) groups excluding carboxylic acids is 2. The summed E-state index contributed by atoms with van der Waals surface area (Å²) in [7, 11) is 0. The van der Waals surface area contributed by atoms with Crippen molar-refractivity contribution < 1.29 is 37.0 Å². The van der Waals surface area contributed by atoms with Crippen molar-refractivity contribution in [2.24, 2.45) is 0 Å². The van der Waals surface area contributed by atoms with Crippen LogP contribution >= 0.6 is 0 Å². The van der Waals surface area contributed by atoms with Crippen LogP contribution in [0.25, 0.3) is 0 Å². The maximum atomic E-state index is 13.4. The summed E-state index contributed by atoms with van der Waals surface area (Å²) in [5.74, 6) is -2.58. The van der Waals surface area contributed by atoms with Gasteiger partial charge >= 0.3 is 0 Å². The highest BCUT2D eigenvalue weighted by molar-refractivity contribution is 5.79. The Bertz CT molecular complexity index is 1020. The molecule has 0 aliphatic heterocycles. The molecule has 0 atom stereocenters. The Morgan fingerprint density at radius 3 is 1.90 bits per heavy atom. The quantitative estimate of drug-likeness (QED) is 0.487. The van der Waals surface area contributed by atoms with E-state index in [4.69, 9.17) is 9.84 Å². The lowest BCUT2D eigenvalue weighted by molar-refractivity contribution is 0.111. The Kier molecular flexibility index (Phi) is 7.47. The van der Waals surface area contributed by atoms with Crippen molar-refractivity contribution in [1.29, 1.82) is 0 Å². The molecule has 0 bridgehead atoms. The van der Waals surface area contributed by atoms with E-state index in [1.54, 1.807) is 0 Å². The maximum Gasteiger partial charge on any atom is 0.153 e. The molecule has 8 heteroatoms. The van der Waals surface area contributed by atoms with Crippen molar-refractivity contribution >= 4 is 12.6 Å². The van der Waals surface area contributed by atoms with Crippen LogP contribution in [0.15, 0.2) is 54.6 Å². The third-order valence-electron chi connectivity index (χ3n) is 3.61. The molecule has 150 valence electrons. The summed E-state index contributed by atoms with van der Waals surface area (Å²) in [6.45, 7) is -0.182. The molecular formula is C21H14F4O4. The van der Waals surface area contributed by atoms with Crippen molar-refractivity contribution in [2.75, 3.05) is 0 Å². The zero-order valence-electron chi connectivity index (χ0n) is 14.7. The van der Waals surface area contributed by atoms with Crippen LogP contribution < -0.4 is 4.74 Å². The molecule has 0 saturated carbocycles. The minimum atomic E-state index is -0.741. The Morgan fingerprint density at radius 2 is 1.31 bits per heavy atom. The van der Waals surface area contributed by atoms with E-state index in [1.165, 1.54) is 12.1 Å². The van der Waals surface area contributed by atoms with Crippen LogP contribution in [0.4, 0.5) is 17.6 Å². The van der Waals surface area contributed by atoms with Gasteiger partial charge in [-0.15, -0.1) is 0 Å². The maximum absolute atomic E-state index is 13.4. The van der Waals surface area contributed by atoms with Crippen LogP contribution in [-0.4, -0.2) is 17.7 Å². The van der Waals surface area contributed by atoms with Crippen molar-refractivity contribution in [2.45, 2.75) is 6.61 Å². The fourth-order valence-electron chi connectivity index (χ4n) is 2.16. The minimum absolute atomic E-state index is 0.0278. The molecule has 3 rings (SSSR count). The predicted octanol–water partition coefficient (Wildman–Crippen LogP) is 4.84. The zero-order chi connectivity index (χ0) is 21.4. The number of hydrogen-bond donors (Lipinski definition) is 1. The molecule has 3 aromatic rings. The number of carbonyl (C=O) groups is 2. The van der Waals surface area contributed by atoms with E-state index in [0.29, 0.717) is 12.6 Å². The van der Waals surface area contributed by atoms with E-state index in [0.717, 1.165) is 42.5 Å². The molecule has 0 aliphatic carbocycles. The van der Waals surface area contributed by atoms with Gasteiger partial charge in [0.1, 0.15) is 41.4 Å². The van der Waals surface area contributed by atoms with Gasteiger partial charge in [0.15, 0.2) is 12.6 Å². The number of benzene rings is 3. The molecule has 0 saturated heterocycles. The molecule has 0 radical (unpaired) electrons. The Morgan fingerprint density at radius 1 is 0.759 bits per heavy atom. The summed E-state index contributed by atoms with van der Waals surface area (Å²) in [5.41, 5.74) is 0.144. The largest absolute Gasteiger partial charge is 0.507 e. The van der Waals surface area contributed by atoms with Gasteiger partial charge in [-0.3, -0.25) is 9.59 Å². The molecular weight excluding hydrogens is 392 g/mol. The number of aromatic hydroxyl groups is 1. The Hall–Kier alpha value is -3.68. The van der Waals surface area contributed by atoms with Gasteiger partial charge < -0.3 is 9.84 Å². The van der Waals surface area contributed by atoms with Crippen LogP contribution in [-0.2, 0) is 6.61 Å². The van der Waals surface area contributed by atoms with Crippen molar-refractivity contribution in [3.05, 3.63) is 94.6 Å². The molecule has 4 nitrogen and oxygen atoms in total. The van der Waals surface area contributed by atoms with E-state index in [1.807, 2.05) is 0 Å². The lowest BCUT2D eigenvalue weighted by Crippen LogP contribution is -2.01. The predicted molar refractivity (Wildman–Crippen MR) is 95.9 cm³/mol. The highest BCUT2D eigenvalue weighted by Gasteiger charge is 2.08. The fourth-order valence-corrected chi connectivity index (χ4v) is 2.16. The summed E-state index contributed by atoms with van der Waals surface area (Å²) in [5, 5.41) is 8.84. The van der Waals surface area contributed by atoms with Crippen molar-refractivity contribution in [1.82, 2.24) is 0 Å². The van der Waals surface area contributed by atoms with E-state index in [2.05, 4.69) is 0 Å². The van der Waals surface area contributed by atoms with Gasteiger partial charge in [0, 0.05) is 11.6 Å². The Labute approximate surface area is 163 Å². The number of rotatable bonds is 5. The van der Waals surface area contributed by atoms with Crippen LogP contribution in [0.5, 0.6) is 11.5 Å². The van der Waals surface area contributed by atoms with Crippen molar-refractivity contribution in [3.8, 4) is 11.5 Å². The third-order valence-corrected chi connectivity index (χ3v) is 3.61. The average Bonchev–Trinajstić information content (AvgIpc) is 2.70. The van der Waals surface area contributed by atoms with Gasteiger partial charge in [0.05, 0.1) is 11.1 Å². The summed E-state index contributed by atoms with van der Waals surface area (Å²) < 4.78 is 56.4. The lowest BCUT2D eigenvalue weighted by atomic mass is 10.2. The number of aldehydes is 2. The average molecular weight is 406 g/mol. The molecule has 3 aromatic carbocycles. The molecule has 0 aliphatic rings. The summed E-state index contributed by atoms with van der Waals surface area (Å²) >= 11 is 0. The van der Waals surface area contributed by atoms with Gasteiger partial charge in [-0.2, -0.15) is 0 Å². The molecule has 0 aromatic heterocycles. The molecule has 0 unspecified atom stereocenters. The highest BCUT2D eigenvalue weighted by atomic mass is 19.1. The third kappa shape index (κ3) is 6.17. The molecule has 0 heterocycles. The first kappa shape index (κ1) is 21.6. The summed E-state index contributed by atoms with van der Waals surface area (Å²) in [6, 6.07) is 9.71. The standard InChI is InChI=1S/C14H9F3O2.C7H5FO2/c15-11-3-4-14(10(5-11)7-18)19-8-9-1-2-12(16)6-13(9)17;8-6-1-2-7(10)5(3-6)4-9/h1-7H,8H2;1-4,10H. The number of phenolic OH excluding ortho intramolecular Hbond substituents is 1. The lowest BCUT2D eigenvalue weighted by Gasteiger charge is -2.09. The van der Waals surface area contributed by atoms with E-state index < -0.39 is 23.3 Å². The number of hydrogen-bond acceptors (Lipinski definition) is 4. The van der Waals surface area contributed by atoms with E-state index in [9.17, 15) is 27.2 Å². The Balaban J connectivity index is 0.000000253. The topological polar surface area (TPSA) is 63.6 Å². The molecule has 0 amide bonds. The first-order valence-electron chi connectivity index (χ1n) is 8.09. The second kappa shape index (κ2) is 10.0. The minimum Gasteiger partial charge on any atom is -0.507 e. The van der Waals surface area contributed by atoms with Crippen LogP contribution in [0, 0.1) is 23.3 Å². The first-order valence-corrected chi connectivity index (χ1v) is 8.09. The second-order valence-electron chi connectivity index (χ2n) is 5.65. The SMILES string of the molecule is O=Cc1cc(F)ccc1O.O=Cc1cc(F)ccc1OCc1ccc(F)cc1F. The summed E-state index contributed by atoms with van der Waals surface area (Å²) in [4.78, 5) is 20.8. The van der Waals surface area contributed by atoms with Crippen LogP contribution in [0.2, 0.25) is 0 Å². The number of phenols is 1. The smallest absolute Gasteiger partial charge is 0.153 e. The van der Waals surface area contributed by atoms with Gasteiger partial charge in [-0.25, -0.2) is 17.6 Å². The monoisotopic (exact) mass is 406 g/mol. The van der Waals surface area contributed by atoms with Gasteiger partial charge in [-0.05, 0) is 48.5 Å². The highest BCUT2D eigenvalue weighted by Crippen LogP contribution is 2.20. The fraction of sp³-hybridized carbons (Fsp3) is 0.0476. The van der Waals surface area contributed by atoms with Crippen LogP contribution in [0.3, 0.4) is 0 Å². The van der Waals surface area contributed by atoms with Crippen LogP contribution in [0.1, 0.15) is 26.3 Å². The van der Waals surface area contributed by atoms with E-state index in [-0.39, 0.29) is 34.8 Å². The van der Waals surface area contributed by atoms with E-state index >= 15 is 0 Å². The first-order chi connectivity index (χ1) is 13.8.